The SMILES string of the molecule is Cc1cc2c(C)cccc2[cH-]1.[Cl-].[Cl-].[Ti+3]. The first kappa shape index (κ1) is 16.6. The minimum Gasteiger partial charge on any atom is -1.00 e. The second-order valence-corrected chi connectivity index (χ2v) is 3.11. The Kier molecular flexibility index (Phi) is 7.78. The molecular formula is C11H11Cl2Ti. The van der Waals surface area contributed by atoms with Crippen molar-refractivity contribution >= 4 is 10.8 Å². The van der Waals surface area contributed by atoms with Crippen LogP contribution in [0.15, 0.2) is 30.3 Å². The quantitative estimate of drug-likeness (QED) is 0.355. The van der Waals surface area contributed by atoms with Gasteiger partial charge in [-0.3, -0.25) is 0 Å². The van der Waals surface area contributed by atoms with Crippen LogP contribution in [-0.2, 0) is 21.7 Å². The van der Waals surface area contributed by atoms with Crippen molar-refractivity contribution in [3.63, 3.8) is 0 Å². The summed E-state index contributed by atoms with van der Waals surface area (Å²) in [6.45, 7) is 4.29. The first-order valence-electron chi connectivity index (χ1n) is 3.90. The Morgan fingerprint density at radius 1 is 1.07 bits per heavy atom. The Labute approximate surface area is 112 Å². The van der Waals surface area contributed by atoms with Gasteiger partial charge in [-0.15, -0.1) is 34.5 Å². The fourth-order valence-corrected chi connectivity index (χ4v) is 1.54. The molecule has 3 heteroatoms. The summed E-state index contributed by atoms with van der Waals surface area (Å²) in [6, 6.07) is 10.9. The van der Waals surface area contributed by atoms with Crippen molar-refractivity contribution in [1.29, 1.82) is 0 Å². The Bertz CT molecular complexity index is 393. The van der Waals surface area contributed by atoms with Crippen LogP contribution in [-0.4, -0.2) is 0 Å². The van der Waals surface area contributed by atoms with Crippen LogP contribution in [0.25, 0.3) is 10.8 Å². The standard InChI is InChI=1S/C11H11.2ClH.Ti/c1-8-6-10-5-3-4-9(2)11(10)7-8;;;/h3-7H,1-2H3;2*1H;/q-1;;;+3/p-2. The Hall–Kier alpha value is 0.124. The van der Waals surface area contributed by atoms with E-state index in [1.54, 1.807) is 0 Å². The van der Waals surface area contributed by atoms with E-state index in [9.17, 15) is 0 Å². The monoisotopic (exact) mass is 261 g/mol. The molecule has 0 aliphatic heterocycles. The maximum atomic E-state index is 2.24. The van der Waals surface area contributed by atoms with Crippen LogP contribution < -0.4 is 24.8 Å². The maximum absolute atomic E-state index is 2.24. The second-order valence-electron chi connectivity index (χ2n) is 3.11. The van der Waals surface area contributed by atoms with Crippen LogP contribution in [0.3, 0.4) is 0 Å². The molecule has 2 aromatic rings. The smallest absolute Gasteiger partial charge is 1.00 e. The van der Waals surface area contributed by atoms with Crippen molar-refractivity contribution in [2.75, 3.05) is 0 Å². The number of benzene rings is 1. The van der Waals surface area contributed by atoms with E-state index >= 15 is 0 Å². The number of rotatable bonds is 0. The average molecular weight is 262 g/mol. The molecule has 0 amide bonds. The first-order chi connectivity index (χ1) is 5.27. The number of hydrogen-bond acceptors (Lipinski definition) is 0. The van der Waals surface area contributed by atoms with Gasteiger partial charge in [0.25, 0.3) is 0 Å². The third-order valence-corrected chi connectivity index (χ3v) is 2.11. The normalized spacial score (nSPS) is 8.43. The molecule has 14 heavy (non-hydrogen) atoms. The van der Waals surface area contributed by atoms with Crippen molar-refractivity contribution in [2.45, 2.75) is 13.8 Å². The summed E-state index contributed by atoms with van der Waals surface area (Å²) in [5.41, 5.74) is 2.73. The Morgan fingerprint density at radius 3 is 2.29 bits per heavy atom. The summed E-state index contributed by atoms with van der Waals surface area (Å²) in [7, 11) is 0. The summed E-state index contributed by atoms with van der Waals surface area (Å²) < 4.78 is 0. The second kappa shape index (κ2) is 6.58. The third kappa shape index (κ3) is 3.07. The number of fused-ring (bicyclic) bond motifs is 1. The van der Waals surface area contributed by atoms with Crippen LogP contribution in [0.4, 0.5) is 0 Å². The van der Waals surface area contributed by atoms with Crippen molar-refractivity contribution < 1.29 is 46.5 Å². The van der Waals surface area contributed by atoms with Crippen molar-refractivity contribution in [3.8, 4) is 0 Å². The van der Waals surface area contributed by atoms with Crippen LogP contribution in [0, 0.1) is 13.8 Å². The predicted octanol–water partition coefficient (Wildman–Crippen LogP) is -2.82. The van der Waals surface area contributed by atoms with E-state index in [-0.39, 0.29) is 46.5 Å². The van der Waals surface area contributed by atoms with Gasteiger partial charge in [0.2, 0.25) is 0 Å². The number of hydrogen-bond donors (Lipinski definition) is 0. The molecule has 2 rings (SSSR count). The minimum atomic E-state index is 0. The summed E-state index contributed by atoms with van der Waals surface area (Å²) in [5, 5.41) is 2.76. The van der Waals surface area contributed by atoms with Gasteiger partial charge in [0.15, 0.2) is 0 Å². The Morgan fingerprint density at radius 2 is 1.71 bits per heavy atom. The van der Waals surface area contributed by atoms with E-state index < -0.39 is 0 Å². The molecule has 0 unspecified atom stereocenters. The van der Waals surface area contributed by atoms with E-state index in [1.807, 2.05) is 0 Å². The molecule has 0 saturated heterocycles. The van der Waals surface area contributed by atoms with Gasteiger partial charge >= 0.3 is 21.7 Å². The molecule has 0 nitrogen and oxygen atoms in total. The zero-order chi connectivity index (χ0) is 7.84. The molecule has 0 spiro atoms. The molecule has 0 fully saturated rings. The van der Waals surface area contributed by atoms with Gasteiger partial charge in [-0.25, -0.2) is 0 Å². The Balaban J connectivity index is 0. The van der Waals surface area contributed by atoms with Crippen LogP contribution >= 0.6 is 0 Å². The minimum absolute atomic E-state index is 0. The maximum Gasteiger partial charge on any atom is 3.00 e. The van der Waals surface area contributed by atoms with E-state index in [2.05, 4.69) is 44.2 Å². The molecule has 0 aliphatic rings. The largest absolute Gasteiger partial charge is 3.00 e. The topological polar surface area (TPSA) is 0 Å². The molecule has 0 saturated carbocycles. The van der Waals surface area contributed by atoms with Crippen LogP contribution in [0.1, 0.15) is 11.1 Å². The molecule has 0 bridgehead atoms. The van der Waals surface area contributed by atoms with E-state index in [0.29, 0.717) is 0 Å². The van der Waals surface area contributed by atoms with E-state index in [1.165, 1.54) is 21.9 Å². The summed E-state index contributed by atoms with van der Waals surface area (Å²) >= 11 is 0. The molecule has 1 radical (unpaired) electrons. The van der Waals surface area contributed by atoms with Gasteiger partial charge in [0.05, 0.1) is 0 Å². The van der Waals surface area contributed by atoms with Gasteiger partial charge in [-0.1, -0.05) is 18.6 Å². The van der Waals surface area contributed by atoms with Gasteiger partial charge < -0.3 is 24.8 Å². The van der Waals surface area contributed by atoms with Gasteiger partial charge in [-0.2, -0.15) is 6.07 Å². The van der Waals surface area contributed by atoms with Crippen molar-refractivity contribution in [3.05, 3.63) is 41.5 Å². The molecule has 0 aliphatic carbocycles. The molecule has 0 N–H and O–H groups in total. The molecular weight excluding hydrogens is 251 g/mol. The fourth-order valence-electron chi connectivity index (χ4n) is 1.54. The van der Waals surface area contributed by atoms with Crippen LogP contribution in [0.5, 0.6) is 0 Å². The molecule has 0 aromatic heterocycles. The van der Waals surface area contributed by atoms with Gasteiger partial charge in [0, 0.05) is 0 Å². The zero-order valence-corrected chi connectivity index (χ0v) is 11.2. The first-order valence-corrected chi connectivity index (χ1v) is 3.90. The van der Waals surface area contributed by atoms with Crippen molar-refractivity contribution in [2.24, 2.45) is 0 Å². The summed E-state index contributed by atoms with van der Waals surface area (Å²) in [6.07, 6.45) is 0. The van der Waals surface area contributed by atoms with Crippen LogP contribution in [0.2, 0.25) is 0 Å². The third-order valence-electron chi connectivity index (χ3n) is 2.11. The average Bonchev–Trinajstić information content (AvgIpc) is 2.31. The molecule has 0 heterocycles. The van der Waals surface area contributed by atoms with E-state index in [4.69, 9.17) is 0 Å². The summed E-state index contributed by atoms with van der Waals surface area (Å²) in [4.78, 5) is 0. The van der Waals surface area contributed by atoms with Gasteiger partial charge in [0.1, 0.15) is 0 Å². The zero-order valence-electron chi connectivity index (χ0n) is 8.14. The summed E-state index contributed by atoms with van der Waals surface area (Å²) in [5.74, 6) is 0. The van der Waals surface area contributed by atoms with Crippen molar-refractivity contribution in [1.82, 2.24) is 0 Å². The number of halogens is 2. The molecule has 0 atom stereocenters. The molecule has 2 aromatic carbocycles. The predicted molar refractivity (Wildman–Crippen MR) is 49.0 cm³/mol. The number of aryl methyl sites for hydroxylation is 2. The molecule has 73 valence electrons. The van der Waals surface area contributed by atoms with E-state index in [0.717, 1.165) is 0 Å². The fraction of sp³-hybridized carbons (Fsp3) is 0.182. The van der Waals surface area contributed by atoms with Gasteiger partial charge in [-0.05, 0) is 6.92 Å².